The van der Waals surface area contributed by atoms with Crippen molar-refractivity contribution in [2.24, 2.45) is 5.10 Å². The first-order valence-corrected chi connectivity index (χ1v) is 9.64. The topological polar surface area (TPSA) is 127 Å². The zero-order valence-electron chi connectivity index (χ0n) is 17.4. The van der Waals surface area contributed by atoms with Gasteiger partial charge in [-0.05, 0) is 18.6 Å². The number of benzene rings is 1. The molecule has 0 fully saturated rings. The van der Waals surface area contributed by atoms with Gasteiger partial charge in [-0.1, -0.05) is 13.3 Å². The van der Waals surface area contributed by atoms with Gasteiger partial charge < -0.3 is 24.7 Å². The van der Waals surface area contributed by atoms with Gasteiger partial charge in [0.2, 0.25) is 11.6 Å². The Kier molecular flexibility index (Phi) is 6.34. The Labute approximate surface area is 173 Å². The van der Waals surface area contributed by atoms with Gasteiger partial charge in [0.1, 0.15) is 5.56 Å². The van der Waals surface area contributed by atoms with Gasteiger partial charge in [-0.2, -0.15) is 5.10 Å². The molecule has 0 saturated heterocycles. The van der Waals surface area contributed by atoms with Crippen molar-refractivity contribution in [2.75, 3.05) is 21.3 Å². The molecule has 10 nitrogen and oxygen atoms in total. The van der Waals surface area contributed by atoms with Crippen molar-refractivity contribution >= 4 is 5.71 Å². The number of aromatic amines is 1. The molecule has 2 aromatic rings. The highest BCUT2D eigenvalue weighted by Crippen LogP contribution is 2.43. The lowest BCUT2D eigenvalue weighted by atomic mass is 9.98. The van der Waals surface area contributed by atoms with E-state index in [1.165, 1.54) is 21.3 Å². The van der Waals surface area contributed by atoms with Crippen molar-refractivity contribution < 1.29 is 19.3 Å². The molecule has 0 amide bonds. The lowest BCUT2D eigenvalue weighted by Gasteiger charge is -2.19. The Bertz CT molecular complexity index is 1070. The zero-order chi connectivity index (χ0) is 21.8. The van der Waals surface area contributed by atoms with Crippen molar-refractivity contribution in [2.45, 2.75) is 38.8 Å². The lowest BCUT2D eigenvalue weighted by Crippen LogP contribution is -2.33. The molecule has 3 rings (SSSR count). The zero-order valence-corrected chi connectivity index (χ0v) is 17.4. The summed E-state index contributed by atoms with van der Waals surface area (Å²) < 4.78 is 17.4. The molecule has 10 heteroatoms. The second-order valence-corrected chi connectivity index (χ2v) is 6.83. The summed E-state index contributed by atoms with van der Waals surface area (Å²) in [6, 6.07) is 3.25. The van der Waals surface area contributed by atoms with E-state index in [4.69, 9.17) is 14.2 Å². The summed E-state index contributed by atoms with van der Waals surface area (Å²) in [4.78, 5) is 26.8. The monoisotopic (exact) mass is 418 g/mol. The number of nitrogens with one attached hydrogen (secondary N) is 2. The van der Waals surface area contributed by atoms with E-state index in [-0.39, 0.29) is 17.5 Å². The van der Waals surface area contributed by atoms with Crippen LogP contribution in [-0.2, 0) is 6.54 Å². The second-order valence-electron chi connectivity index (χ2n) is 6.83. The second kappa shape index (κ2) is 8.93. The maximum absolute atomic E-state index is 12.4. The van der Waals surface area contributed by atoms with Crippen LogP contribution in [0.2, 0.25) is 0 Å². The molecule has 1 unspecified atom stereocenters. The van der Waals surface area contributed by atoms with Gasteiger partial charge in [-0.3, -0.25) is 14.3 Å². The van der Waals surface area contributed by atoms with Crippen LogP contribution in [0.25, 0.3) is 0 Å². The van der Waals surface area contributed by atoms with Crippen LogP contribution in [0.5, 0.6) is 23.1 Å². The minimum atomic E-state index is -0.675. The predicted molar refractivity (Wildman–Crippen MR) is 111 cm³/mol. The number of nitrogens with zero attached hydrogens (tertiary/aromatic N) is 2. The van der Waals surface area contributed by atoms with E-state index >= 15 is 0 Å². The quantitative estimate of drug-likeness (QED) is 0.593. The maximum atomic E-state index is 12.4. The number of H-pyrrole nitrogens is 1. The lowest BCUT2D eigenvalue weighted by molar-refractivity contribution is 0.320. The summed E-state index contributed by atoms with van der Waals surface area (Å²) in [5, 5.41) is 14.9. The minimum Gasteiger partial charge on any atom is -0.494 e. The van der Waals surface area contributed by atoms with Crippen molar-refractivity contribution in [1.82, 2.24) is 15.0 Å². The fourth-order valence-electron chi connectivity index (χ4n) is 3.52. The molecule has 0 aliphatic carbocycles. The van der Waals surface area contributed by atoms with Crippen LogP contribution < -0.4 is 30.9 Å². The Morgan fingerprint density at radius 1 is 1.17 bits per heavy atom. The minimum absolute atomic E-state index is 0.0138. The van der Waals surface area contributed by atoms with E-state index in [1.54, 1.807) is 6.07 Å². The van der Waals surface area contributed by atoms with Crippen LogP contribution in [-0.4, -0.2) is 41.7 Å². The third-order valence-electron chi connectivity index (χ3n) is 5.06. The van der Waals surface area contributed by atoms with Crippen LogP contribution in [0.3, 0.4) is 0 Å². The van der Waals surface area contributed by atoms with Crippen LogP contribution in [0.15, 0.2) is 26.8 Å². The van der Waals surface area contributed by atoms with Gasteiger partial charge in [0.05, 0.1) is 33.1 Å². The number of hydrogen-bond donors (Lipinski definition) is 3. The molecular formula is C20H26N4O6. The number of hydrogen-bond acceptors (Lipinski definition) is 8. The molecule has 1 aromatic heterocycles. The van der Waals surface area contributed by atoms with E-state index in [1.807, 2.05) is 13.0 Å². The molecule has 1 aromatic carbocycles. The first-order valence-electron chi connectivity index (χ1n) is 9.64. The highest BCUT2D eigenvalue weighted by molar-refractivity contribution is 6.03. The Morgan fingerprint density at radius 2 is 1.90 bits per heavy atom. The fourth-order valence-corrected chi connectivity index (χ4v) is 3.52. The number of unbranched alkanes of at least 4 members (excludes halogenated alkanes) is 1. The van der Waals surface area contributed by atoms with Crippen LogP contribution >= 0.6 is 0 Å². The van der Waals surface area contributed by atoms with Crippen molar-refractivity contribution in [1.29, 1.82) is 0 Å². The van der Waals surface area contributed by atoms with Gasteiger partial charge >= 0.3 is 5.69 Å². The summed E-state index contributed by atoms with van der Waals surface area (Å²) >= 11 is 0. The number of aromatic hydroxyl groups is 1. The van der Waals surface area contributed by atoms with Gasteiger partial charge in [0, 0.05) is 18.5 Å². The molecule has 30 heavy (non-hydrogen) atoms. The van der Waals surface area contributed by atoms with Crippen LogP contribution in [0.4, 0.5) is 0 Å². The Hall–Kier alpha value is -3.43. The highest BCUT2D eigenvalue weighted by Gasteiger charge is 2.30. The number of methoxy groups -OCH3 is 3. The molecule has 162 valence electrons. The molecule has 1 atom stereocenters. The van der Waals surface area contributed by atoms with Crippen LogP contribution in [0.1, 0.15) is 43.4 Å². The third kappa shape index (κ3) is 3.72. The van der Waals surface area contributed by atoms with Crippen molar-refractivity contribution in [3.8, 4) is 23.1 Å². The standard InChI is InChI=1S/C20H26N4O6/c1-5-6-9-24-19(26)15(18(25)21-20(24)27)13-10-12(22-23-13)11-7-8-14(28-2)17(30-4)16(11)29-3/h7-8,12,22,26H,5-6,9-10H2,1-4H3,(H,21,25,27). The third-order valence-corrected chi connectivity index (χ3v) is 5.06. The van der Waals surface area contributed by atoms with Crippen molar-refractivity contribution in [3.63, 3.8) is 0 Å². The predicted octanol–water partition coefficient (Wildman–Crippen LogP) is 1.51. The van der Waals surface area contributed by atoms with E-state index in [2.05, 4.69) is 15.5 Å². The highest BCUT2D eigenvalue weighted by atomic mass is 16.5. The van der Waals surface area contributed by atoms with E-state index < -0.39 is 11.2 Å². The fraction of sp³-hybridized carbons (Fsp3) is 0.450. The first kappa shape index (κ1) is 21.3. The molecule has 2 heterocycles. The largest absolute Gasteiger partial charge is 0.494 e. The number of aromatic nitrogens is 2. The SMILES string of the molecule is CCCCn1c(O)c(C2=NNC(c3ccc(OC)c(OC)c3OC)C2)c(=O)[nH]c1=O. The van der Waals surface area contributed by atoms with Gasteiger partial charge in [-0.15, -0.1) is 0 Å². The normalized spacial score (nSPS) is 15.5. The van der Waals surface area contributed by atoms with Crippen LogP contribution in [0, 0.1) is 0 Å². The smallest absolute Gasteiger partial charge is 0.331 e. The summed E-state index contributed by atoms with van der Waals surface area (Å²) in [6.45, 7) is 2.28. The van der Waals surface area contributed by atoms with Gasteiger partial charge in [0.25, 0.3) is 5.56 Å². The van der Waals surface area contributed by atoms with E-state index in [0.717, 1.165) is 16.6 Å². The number of ether oxygens (including phenoxy) is 3. The first-order chi connectivity index (χ1) is 14.5. The maximum Gasteiger partial charge on any atom is 0.331 e. The van der Waals surface area contributed by atoms with Gasteiger partial charge in [-0.25, -0.2) is 4.79 Å². The summed E-state index contributed by atoms with van der Waals surface area (Å²) in [5.74, 6) is 1.07. The molecule has 0 bridgehead atoms. The average molecular weight is 418 g/mol. The average Bonchev–Trinajstić information content (AvgIpc) is 3.21. The Morgan fingerprint density at radius 3 is 2.53 bits per heavy atom. The molecule has 1 aliphatic heterocycles. The number of hydrazone groups is 1. The molecule has 0 saturated carbocycles. The van der Waals surface area contributed by atoms with E-state index in [0.29, 0.717) is 42.3 Å². The van der Waals surface area contributed by atoms with Crippen molar-refractivity contribution in [3.05, 3.63) is 44.1 Å². The Balaban J connectivity index is 1.97. The van der Waals surface area contributed by atoms with E-state index in [9.17, 15) is 14.7 Å². The summed E-state index contributed by atoms with van der Waals surface area (Å²) in [5.41, 5.74) is 2.75. The molecule has 3 N–H and O–H groups in total. The molecular weight excluding hydrogens is 392 g/mol. The summed E-state index contributed by atoms with van der Waals surface area (Å²) in [6.07, 6.45) is 1.83. The van der Waals surface area contributed by atoms with Gasteiger partial charge in [0.15, 0.2) is 11.5 Å². The molecule has 0 radical (unpaired) electrons. The summed E-state index contributed by atoms with van der Waals surface area (Å²) in [7, 11) is 4.58. The number of rotatable bonds is 8. The molecule has 1 aliphatic rings. The molecule has 0 spiro atoms.